The zero-order valence-corrected chi connectivity index (χ0v) is 8.95. The summed E-state index contributed by atoms with van der Waals surface area (Å²) in [6.45, 7) is 0. The smallest absolute Gasteiger partial charge is 0.336 e. The van der Waals surface area contributed by atoms with Crippen LogP contribution in [-0.2, 0) is 11.2 Å². The van der Waals surface area contributed by atoms with E-state index in [1.54, 1.807) is 7.11 Å². The minimum atomic E-state index is -1.06. The maximum absolute atomic E-state index is 11.4. The van der Waals surface area contributed by atoms with Crippen molar-refractivity contribution in [1.29, 1.82) is 0 Å². The van der Waals surface area contributed by atoms with Crippen LogP contribution in [-0.4, -0.2) is 23.2 Å². The van der Waals surface area contributed by atoms with Gasteiger partial charge in [0.15, 0.2) is 0 Å². The normalized spacial score (nSPS) is 19.2. The van der Waals surface area contributed by atoms with Crippen molar-refractivity contribution in [3.05, 3.63) is 33.2 Å². The molecule has 0 radical (unpaired) electrons. The number of carbonyl (C=O) groups is 1. The van der Waals surface area contributed by atoms with Crippen molar-refractivity contribution in [2.45, 2.75) is 25.4 Å². The summed E-state index contributed by atoms with van der Waals surface area (Å²) in [4.78, 5) is 25.1. The molecule has 2 N–H and O–H groups in total. The third kappa shape index (κ3) is 1.74. The fraction of sp³-hybridized carbons (Fsp3) is 0.455. The standard InChI is InChI=1S/C11H13NO4/c1-16-8-4-2-3-6-7(11(14)15)5-9(13)12-10(6)8/h5,8H,2-4H2,1H3,(H,12,13)(H,14,15). The number of aromatic nitrogens is 1. The van der Waals surface area contributed by atoms with Crippen molar-refractivity contribution in [1.82, 2.24) is 4.98 Å². The van der Waals surface area contributed by atoms with Gasteiger partial charge in [0.1, 0.15) is 0 Å². The molecule has 0 spiro atoms. The number of nitrogens with one attached hydrogen (secondary N) is 1. The Labute approximate surface area is 92.1 Å². The average molecular weight is 223 g/mol. The van der Waals surface area contributed by atoms with Gasteiger partial charge in [-0.15, -0.1) is 0 Å². The van der Waals surface area contributed by atoms with E-state index in [1.165, 1.54) is 0 Å². The molecule has 2 rings (SSSR count). The number of aromatic carboxylic acids is 1. The molecule has 1 aliphatic rings. The fourth-order valence-electron chi connectivity index (χ4n) is 2.19. The first-order valence-corrected chi connectivity index (χ1v) is 5.15. The average Bonchev–Trinajstić information content (AvgIpc) is 2.27. The van der Waals surface area contributed by atoms with E-state index in [4.69, 9.17) is 9.84 Å². The molecule has 0 saturated heterocycles. The van der Waals surface area contributed by atoms with E-state index in [1.807, 2.05) is 0 Å². The Bertz CT molecular complexity index is 477. The molecule has 0 saturated carbocycles. The Morgan fingerprint density at radius 2 is 2.38 bits per heavy atom. The van der Waals surface area contributed by atoms with Gasteiger partial charge in [0.25, 0.3) is 0 Å². The first-order valence-electron chi connectivity index (χ1n) is 5.15. The van der Waals surface area contributed by atoms with Crippen molar-refractivity contribution in [2.75, 3.05) is 7.11 Å². The highest BCUT2D eigenvalue weighted by Crippen LogP contribution is 2.31. The third-order valence-electron chi connectivity index (χ3n) is 2.91. The minimum Gasteiger partial charge on any atom is -0.478 e. The largest absolute Gasteiger partial charge is 0.478 e. The predicted molar refractivity (Wildman–Crippen MR) is 56.7 cm³/mol. The molecule has 5 heteroatoms. The molecular weight excluding hydrogens is 210 g/mol. The molecule has 86 valence electrons. The number of ether oxygens (including phenoxy) is 1. The van der Waals surface area contributed by atoms with Gasteiger partial charge in [0, 0.05) is 13.2 Å². The van der Waals surface area contributed by atoms with E-state index in [2.05, 4.69) is 4.98 Å². The van der Waals surface area contributed by atoms with Crippen LogP contribution in [0.15, 0.2) is 10.9 Å². The van der Waals surface area contributed by atoms with Crippen LogP contribution in [0.1, 0.15) is 40.6 Å². The quantitative estimate of drug-likeness (QED) is 0.786. The number of carboxylic acids is 1. The number of carboxylic acid groups (broad SMARTS) is 1. The number of hydrogen-bond donors (Lipinski definition) is 2. The second-order valence-electron chi connectivity index (χ2n) is 3.86. The summed E-state index contributed by atoms with van der Waals surface area (Å²) < 4.78 is 5.24. The van der Waals surface area contributed by atoms with Gasteiger partial charge >= 0.3 is 5.97 Å². The summed E-state index contributed by atoms with van der Waals surface area (Å²) in [6.07, 6.45) is 2.16. The molecule has 1 aromatic heterocycles. The van der Waals surface area contributed by atoms with Crippen LogP contribution < -0.4 is 5.56 Å². The lowest BCUT2D eigenvalue weighted by Gasteiger charge is -2.24. The molecule has 0 aromatic carbocycles. The number of pyridine rings is 1. The monoisotopic (exact) mass is 223 g/mol. The molecule has 0 amide bonds. The van der Waals surface area contributed by atoms with E-state index in [9.17, 15) is 9.59 Å². The molecule has 0 bridgehead atoms. The first kappa shape index (κ1) is 10.9. The van der Waals surface area contributed by atoms with Gasteiger partial charge in [-0.2, -0.15) is 0 Å². The van der Waals surface area contributed by atoms with E-state index in [0.717, 1.165) is 18.9 Å². The Balaban J connectivity index is 2.63. The lowest BCUT2D eigenvalue weighted by Crippen LogP contribution is -2.23. The van der Waals surface area contributed by atoms with Crippen molar-refractivity contribution in [3.8, 4) is 0 Å². The van der Waals surface area contributed by atoms with Crippen LogP contribution in [0.4, 0.5) is 0 Å². The van der Waals surface area contributed by atoms with Gasteiger partial charge in [-0.1, -0.05) is 0 Å². The number of H-pyrrole nitrogens is 1. The van der Waals surface area contributed by atoms with Gasteiger partial charge in [0.2, 0.25) is 5.56 Å². The summed E-state index contributed by atoms with van der Waals surface area (Å²) in [5.74, 6) is -1.06. The molecule has 1 unspecified atom stereocenters. The number of hydrogen-bond acceptors (Lipinski definition) is 3. The summed E-state index contributed by atoms with van der Waals surface area (Å²) in [5, 5.41) is 9.03. The maximum atomic E-state index is 11.4. The lowest BCUT2D eigenvalue weighted by molar-refractivity contribution is 0.0686. The van der Waals surface area contributed by atoms with Gasteiger partial charge in [-0.3, -0.25) is 4.79 Å². The summed E-state index contributed by atoms with van der Waals surface area (Å²) in [5.41, 5.74) is 1.03. The zero-order chi connectivity index (χ0) is 11.7. The van der Waals surface area contributed by atoms with Gasteiger partial charge in [0.05, 0.1) is 17.4 Å². The van der Waals surface area contributed by atoms with Crippen molar-refractivity contribution >= 4 is 5.97 Å². The Kier molecular flexibility index (Phi) is 2.78. The van der Waals surface area contributed by atoms with Crippen LogP contribution in [0.3, 0.4) is 0 Å². The van der Waals surface area contributed by atoms with Gasteiger partial charge in [-0.25, -0.2) is 4.79 Å². The van der Waals surface area contributed by atoms with Gasteiger partial charge in [-0.05, 0) is 24.8 Å². The summed E-state index contributed by atoms with van der Waals surface area (Å²) in [6, 6.07) is 1.14. The molecule has 16 heavy (non-hydrogen) atoms. The summed E-state index contributed by atoms with van der Waals surface area (Å²) >= 11 is 0. The number of fused-ring (bicyclic) bond motifs is 1. The molecule has 1 heterocycles. The Morgan fingerprint density at radius 1 is 1.62 bits per heavy atom. The zero-order valence-electron chi connectivity index (χ0n) is 8.95. The van der Waals surface area contributed by atoms with Crippen LogP contribution in [0.25, 0.3) is 0 Å². The van der Waals surface area contributed by atoms with E-state index >= 15 is 0 Å². The fourth-order valence-corrected chi connectivity index (χ4v) is 2.19. The SMILES string of the molecule is COC1CCCc2c(C(=O)O)cc(=O)[nH]c21. The number of aromatic amines is 1. The van der Waals surface area contributed by atoms with Crippen molar-refractivity contribution in [2.24, 2.45) is 0 Å². The van der Waals surface area contributed by atoms with E-state index in [0.29, 0.717) is 17.7 Å². The first-order chi connectivity index (χ1) is 7.63. The van der Waals surface area contributed by atoms with Crippen LogP contribution >= 0.6 is 0 Å². The minimum absolute atomic E-state index is 0.0977. The Morgan fingerprint density at radius 3 is 3.00 bits per heavy atom. The molecule has 0 aliphatic heterocycles. The molecular formula is C11H13NO4. The molecule has 5 nitrogen and oxygen atoms in total. The maximum Gasteiger partial charge on any atom is 0.336 e. The summed E-state index contributed by atoms with van der Waals surface area (Å²) in [7, 11) is 1.56. The third-order valence-corrected chi connectivity index (χ3v) is 2.91. The Hall–Kier alpha value is -1.62. The van der Waals surface area contributed by atoms with Crippen LogP contribution in [0.2, 0.25) is 0 Å². The highest BCUT2D eigenvalue weighted by molar-refractivity contribution is 5.89. The molecule has 1 aliphatic carbocycles. The van der Waals surface area contributed by atoms with Gasteiger partial charge < -0.3 is 14.8 Å². The molecule has 0 fully saturated rings. The number of methoxy groups -OCH3 is 1. The molecule has 1 aromatic rings. The van der Waals surface area contributed by atoms with Crippen LogP contribution in [0.5, 0.6) is 0 Å². The van der Waals surface area contributed by atoms with Crippen molar-refractivity contribution < 1.29 is 14.6 Å². The second-order valence-corrected chi connectivity index (χ2v) is 3.86. The lowest BCUT2D eigenvalue weighted by atomic mass is 9.90. The topological polar surface area (TPSA) is 79.4 Å². The number of rotatable bonds is 2. The predicted octanol–water partition coefficient (Wildman–Crippen LogP) is 1.10. The highest BCUT2D eigenvalue weighted by Gasteiger charge is 2.25. The highest BCUT2D eigenvalue weighted by atomic mass is 16.5. The van der Waals surface area contributed by atoms with Crippen LogP contribution in [0, 0.1) is 0 Å². The van der Waals surface area contributed by atoms with E-state index < -0.39 is 5.97 Å². The second kappa shape index (κ2) is 4.09. The van der Waals surface area contributed by atoms with E-state index in [-0.39, 0.29) is 17.2 Å². The molecule has 1 atom stereocenters. The van der Waals surface area contributed by atoms with Crippen molar-refractivity contribution in [3.63, 3.8) is 0 Å².